The number of hydrogen-bond donors (Lipinski definition) is 2. The largest absolute Gasteiger partial charge is 0.389 e. The van der Waals surface area contributed by atoms with Crippen molar-refractivity contribution in [3.63, 3.8) is 0 Å². The van der Waals surface area contributed by atoms with Gasteiger partial charge < -0.3 is 15.7 Å². The summed E-state index contributed by atoms with van der Waals surface area (Å²) in [4.78, 5) is 16.2. The second-order valence-electron chi connectivity index (χ2n) is 6.16. The van der Waals surface area contributed by atoms with E-state index in [1.807, 2.05) is 18.7 Å². The van der Waals surface area contributed by atoms with Crippen molar-refractivity contribution in [1.82, 2.24) is 9.80 Å². The lowest BCUT2D eigenvalue weighted by Crippen LogP contribution is -2.55. The van der Waals surface area contributed by atoms with Gasteiger partial charge in [0.2, 0.25) is 5.91 Å². The predicted octanol–water partition coefficient (Wildman–Crippen LogP) is 0.419. The van der Waals surface area contributed by atoms with Gasteiger partial charge in [-0.25, -0.2) is 0 Å². The van der Waals surface area contributed by atoms with Gasteiger partial charge >= 0.3 is 0 Å². The first-order chi connectivity index (χ1) is 8.83. The molecular weight excluding hydrogens is 242 g/mol. The Balaban J connectivity index is 2.34. The standard InChI is InChI=1S/C14H29N3O2/c1-4-5-6-12(15)13(18)17-9-7-16(8-10-17)11-14(2,3)19/h12,19H,4-11,15H2,1-3H3/t12-/m0/s1. The Morgan fingerprint density at radius 3 is 2.37 bits per heavy atom. The van der Waals surface area contributed by atoms with Gasteiger partial charge in [0.1, 0.15) is 0 Å². The summed E-state index contributed by atoms with van der Waals surface area (Å²) in [6.45, 7) is 9.44. The number of unbranched alkanes of at least 4 members (excludes halogenated alkanes) is 1. The molecule has 0 saturated carbocycles. The van der Waals surface area contributed by atoms with Crippen LogP contribution in [0, 0.1) is 0 Å². The summed E-state index contributed by atoms with van der Waals surface area (Å²) >= 11 is 0. The summed E-state index contributed by atoms with van der Waals surface area (Å²) < 4.78 is 0. The van der Waals surface area contributed by atoms with E-state index in [0.29, 0.717) is 6.54 Å². The molecule has 0 aromatic rings. The van der Waals surface area contributed by atoms with E-state index >= 15 is 0 Å². The van der Waals surface area contributed by atoms with Crippen LogP contribution >= 0.6 is 0 Å². The third-order valence-electron chi connectivity index (χ3n) is 3.48. The molecule has 3 N–H and O–H groups in total. The molecule has 1 aliphatic heterocycles. The maximum Gasteiger partial charge on any atom is 0.239 e. The highest BCUT2D eigenvalue weighted by molar-refractivity contribution is 5.81. The molecule has 0 spiro atoms. The number of aliphatic hydroxyl groups is 1. The lowest BCUT2D eigenvalue weighted by atomic mass is 10.1. The molecule has 0 aromatic heterocycles. The molecule has 1 aliphatic rings. The van der Waals surface area contributed by atoms with Crippen molar-refractivity contribution in [3.05, 3.63) is 0 Å². The van der Waals surface area contributed by atoms with Crippen molar-refractivity contribution in [3.8, 4) is 0 Å². The minimum atomic E-state index is -0.677. The average molecular weight is 271 g/mol. The normalized spacial score (nSPS) is 19.5. The molecule has 1 rings (SSSR count). The summed E-state index contributed by atoms with van der Waals surface area (Å²) in [6, 6.07) is -0.346. The zero-order valence-corrected chi connectivity index (χ0v) is 12.6. The second kappa shape index (κ2) is 7.22. The molecule has 0 unspecified atom stereocenters. The molecule has 5 nitrogen and oxygen atoms in total. The van der Waals surface area contributed by atoms with Gasteiger partial charge in [-0.05, 0) is 20.3 Å². The summed E-state index contributed by atoms with van der Waals surface area (Å²) in [7, 11) is 0. The van der Waals surface area contributed by atoms with E-state index in [2.05, 4.69) is 11.8 Å². The summed E-state index contributed by atoms with van der Waals surface area (Å²) in [5.41, 5.74) is 5.25. The van der Waals surface area contributed by atoms with Gasteiger partial charge in [0.25, 0.3) is 0 Å². The van der Waals surface area contributed by atoms with E-state index in [1.165, 1.54) is 0 Å². The molecule has 0 bridgehead atoms. The average Bonchev–Trinajstić information content (AvgIpc) is 2.34. The lowest BCUT2D eigenvalue weighted by molar-refractivity contribution is -0.134. The highest BCUT2D eigenvalue weighted by atomic mass is 16.3. The number of carbonyl (C=O) groups is 1. The van der Waals surface area contributed by atoms with Crippen molar-refractivity contribution < 1.29 is 9.90 Å². The molecule has 1 saturated heterocycles. The molecule has 1 heterocycles. The molecule has 5 heteroatoms. The fraction of sp³-hybridized carbons (Fsp3) is 0.929. The van der Waals surface area contributed by atoms with Crippen LogP contribution in [0.25, 0.3) is 0 Å². The molecule has 1 atom stereocenters. The fourth-order valence-corrected chi connectivity index (χ4v) is 2.46. The first-order valence-electron chi connectivity index (χ1n) is 7.32. The van der Waals surface area contributed by atoms with Gasteiger partial charge in [-0.2, -0.15) is 0 Å². The molecule has 0 aliphatic carbocycles. The first-order valence-corrected chi connectivity index (χ1v) is 7.32. The maximum absolute atomic E-state index is 12.1. The van der Waals surface area contributed by atoms with Gasteiger partial charge in [-0.3, -0.25) is 9.69 Å². The second-order valence-corrected chi connectivity index (χ2v) is 6.16. The Morgan fingerprint density at radius 2 is 1.89 bits per heavy atom. The first kappa shape index (κ1) is 16.4. The number of piperazine rings is 1. The molecular formula is C14H29N3O2. The van der Waals surface area contributed by atoms with Gasteiger partial charge in [0, 0.05) is 32.7 Å². The molecule has 1 fully saturated rings. The molecule has 1 amide bonds. The van der Waals surface area contributed by atoms with E-state index in [-0.39, 0.29) is 11.9 Å². The Hall–Kier alpha value is -0.650. The minimum absolute atomic E-state index is 0.0800. The van der Waals surface area contributed by atoms with E-state index in [0.717, 1.165) is 45.4 Å². The van der Waals surface area contributed by atoms with Crippen LogP contribution in [0.3, 0.4) is 0 Å². The van der Waals surface area contributed by atoms with E-state index in [4.69, 9.17) is 5.73 Å². The quantitative estimate of drug-likeness (QED) is 0.734. The van der Waals surface area contributed by atoms with E-state index in [9.17, 15) is 9.90 Å². The van der Waals surface area contributed by atoms with Crippen molar-refractivity contribution in [2.24, 2.45) is 5.73 Å². The van der Waals surface area contributed by atoms with E-state index in [1.54, 1.807) is 0 Å². The molecule has 112 valence electrons. The topological polar surface area (TPSA) is 69.8 Å². The Morgan fingerprint density at radius 1 is 1.32 bits per heavy atom. The number of hydrogen-bond acceptors (Lipinski definition) is 4. The summed E-state index contributed by atoms with van der Waals surface area (Å²) in [6.07, 6.45) is 2.85. The van der Waals surface area contributed by atoms with Crippen molar-refractivity contribution in [1.29, 1.82) is 0 Å². The molecule has 0 radical (unpaired) electrons. The maximum atomic E-state index is 12.1. The Labute approximate surface area is 116 Å². The van der Waals surface area contributed by atoms with E-state index < -0.39 is 5.60 Å². The number of β-amino-alcohol motifs (C(OH)–C–C–N with tert-alkyl or cyclic N) is 1. The number of carbonyl (C=O) groups excluding carboxylic acids is 1. The lowest BCUT2D eigenvalue weighted by Gasteiger charge is -2.38. The SMILES string of the molecule is CCCC[C@H](N)C(=O)N1CCN(CC(C)(C)O)CC1. The Bertz CT molecular complexity index is 281. The van der Waals surface area contributed by atoms with Crippen LogP contribution in [-0.2, 0) is 4.79 Å². The van der Waals surface area contributed by atoms with Crippen LogP contribution in [-0.4, -0.2) is 65.2 Å². The zero-order valence-electron chi connectivity index (χ0n) is 12.6. The minimum Gasteiger partial charge on any atom is -0.389 e. The Kier molecular flexibility index (Phi) is 6.23. The molecule has 19 heavy (non-hydrogen) atoms. The van der Waals surface area contributed by atoms with Gasteiger partial charge in [0.15, 0.2) is 0 Å². The molecule has 0 aromatic carbocycles. The number of rotatable bonds is 6. The van der Waals surface area contributed by atoms with Crippen molar-refractivity contribution in [2.75, 3.05) is 32.7 Å². The zero-order chi connectivity index (χ0) is 14.5. The summed E-state index contributed by atoms with van der Waals surface area (Å²) in [5, 5.41) is 9.79. The highest BCUT2D eigenvalue weighted by Crippen LogP contribution is 2.10. The van der Waals surface area contributed by atoms with Gasteiger partial charge in [-0.1, -0.05) is 19.8 Å². The smallest absolute Gasteiger partial charge is 0.239 e. The van der Waals surface area contributed by atoms with Crippen molar-refractivity contribution >= 4 is 5.91 Å². The van der Waals surface area contributed by atoms with Crippen LogP contribution in [0.15, 0.2) is 0 Å². The third kappa shape index (κ3) is 5.89. The van der Waals surface area contributed by atoms with Gasteiger partial charge in [0.05, 0.1) is 11.6 Å². The van der Waals surface area contributed by atoms with Crippen LogP contribution in [0.4, 0.5) is 0 Å². The van der Waals surface area contributed by atoms with Gasteiger partial charge in [-0.15, -0.1) is 0 Å². The van der Waals surface area contributed by atoms with Crippen LogP contribution < -0.4 is 5.73 Å². The van der Waals surface area contributed by atoms with Crippen molar-refractivity contribution in [2.45, 2.75) is 51.7 Å². The highest BCUT2D eigenvalue weighted by Gasteiger charge is 2.27. The number of nitrogens with two attached hydrogens (primary N) is 1. The third-order valence-corrected chi connectivity index (χ3v) is 3.48. The predicted molar refractivity (Wildman–Crippen MR) is 76.8 cm³/mol. The van der Waals surface area contributed by atoms with Crippen LogP contribution in [0.2, 0.25) is 0 Å². The van der Waals surface area contributed by atoms with Crippen LogP contribution in [0.1, 0.15) is 40.0 Å². The van der Waals surface area contributed by atoms with Crippen LogP contribution in [0.5, 0.6) is 0 Å². The monoisotopic (exact) mass is 271 g/mol. The fourth-order valence-electron chi connectivity index (χ4n) is 2.46. The number of nitrogens with zero attached hydrogens (tertiary/aromatic N) is 2. The number of amides is 1. The summed E-state index contributed by atoms with van der Waals surface area (Å²) in [5.74, 6) is 0.0800.